The first-order chi connectivity index (χ1) is 9.04. The highest BCUT2D eigenvalue weighted by Crippen LogP contribution is 2.12. The second-order valence-corrected chi connectivity index (χ2v) is 5.44. The second kappa shape index (κ2) is 8.15. The number of likely N-dealkylation sites (N-methyl/N-ethyl adjacent to an activating group) is 1. The largest absolute Gasteiger partial charge is 0.347 e. The average molecular weight is 269 g/mol. The predicted octanol–water partition coefficient (Wildman–Crippen LogP) is 0.845. The van der Waals surface area contributed by atoms with Crippen LogP contribution in [-0.2, 0) is 9.59 Å². The van der Waals surface area contributed by atoms with E-state index in [1.54, 1.807) is 19.0 Å². The molecule has 1 saturated heterocycles. The van der Waals surface area contributed by atoms with E-state index in [1.165, 1.54) is 11.3 Å². The van der Waals surface area contributed by atoms with Crippen LogP contribution in [-0.4, -0.2) is 61.4 Å². The molecule has 0 spiro atoms. The van der Waals surface area contributed by atoms with Gasteiger partial charge in [-0.05, 0) is 32.2 Å². The van der Waals surface area contributed by atoms with Gasteiger partial charge in [0.2, 0.25) is 11.8 Å². The fraction of sp³-hybridized carbons (Fsp3) is 0.857. The zero-order chi connectivity index (χ0) is 14.3. The minimum absolute atomic E-state index is 0.0132. The number of nitrogens with one attached hydrogen (secondary N) is 1. The summed E-state index contributed by atoms with van der Waals surface area (Å²) in [5.74, 6) is 0.0894. The third kappa shape index (κ3) is 5.59. The molecule has 1 aliphatic rings. The molecule has 1 atom stereocenters. The van der Waals surface area contributed by atoms with E-state index in [0.29, 0.717) is 19.0 Å². The minimum Gasteiger partial charge on any atom is -0.347 e. The van der Waals surface area contributed by atoms with Crippen LogP contribution in [0.3, 0.4) is 0 Å². The Morgan fingerprint density at radius 1 is 1.26 bits per heavy atom. The number of carbonyl (C=O) groups excluding carboxylic acids is 2. The molecule has 1 fully saturated rings. The molecule has 0 bridgehead atoms. The van der Waals surface area contributed by atoms with Crippen molar-refractivity contribution in [2.24, 2.45) is 0 Å². The highest BCUT2D eigenvalue weighted by Gasteiger charge is 2.20. The van der Waals surface area contributed by atoms with Crippen molar-refractivity contribution in [2.45, 2.75) is 45.1 Å². The van der Waals surface area contributed by atoms with Crippen LogP contribution < -0.4 is 5.32 Å². The number of hydrogen-bond acceptors (Lipinski definition) is 3. The molecule has 0 aromatic carbocycles. The van der Waals surface area contributed by atoms with Gasteiger partial charge in [-0.15, -0.1) is 0 Å². The van der Waals surface area contributed by atoms with Gasteiger partial charge in [0.1, 0.15) is 0 Å². The van der Waals surface area contributed by atoms with E-state index in [0.717, 1.165) is 25.8 Å². The summed E-state index contributed by atoms with van der Waals surface area (Å²) in [6, 6.07) is 0.483. The lowest BCUT2D eigenvalue weighted by atomic mass is 10.1. The summed E-state index contributed by atoms with van der Waals surface area (Å²) in [5.41, 5.74) is 0. The maximum Gasteiger partial charge on any atom is 0.241 e. The molecule has 0 aromatic rings. The van der Waals surface area contributed by atoms with E-state index >= 15 is 0 Å². The Morgan fingerprint density at radius 3 is 2.53 bits per heavy atom. The van der Waals surface area contributed by atoms with Crippen molar-refractivity contribution in [3.63, 3.8) is 0 Å². The Hall–Kier alpha value is -1.10. The predicted molar refractivity (Wildman–Crippen MR) is 75.8 cm³/mol. The van der Waals surface area contributed by atoms with Gasteiger partial charge >= 0.3 is 0 Å². The summed E-state index contributed by atoms with van der Waals surface area (Å²) < 4.78 is 0. The van der Waals surface area contributed by atoms with Crippen LogP contribution in [0.1, 0.15) is 39.0 Å². The lowest BCUT2D eigenvalue weighted by molar-refractivity contribution is -0.139. The maximum atomic E-state index is 12.2. The van der Waals surface area contributed by atoms with Gasteiger partial charge < -0.3 is 15.1 Å². The summed E-state index contributed by atoms with van der Waals surface area (Å²) in [6.07, 6.45) is 4.68. The van der Waals surface area contributed by atoms with E-state index in [9.17, 15) is 9.59 Å². The Morgan fingerprint density at radius 2 is 2.00 bits per heavy atom. The molecule has 1 N–H and O–H groups in total. The molecule has 0 radical (unpaired) electrons. The van der Waals surface area contributed by atoms with Crippen LogP contribution >= 0.6 is 0 Å². The van der Waals surface area contributed by atoms with E-state index in [4.69, 9.17) is 0 Å². The van der Waals surface area contributed by atoms with E-state index < -0.39 is 0 Å². The van der Waals surface area contributed by atoms with Gasteiger partial charge in [0, 0.05) is 33.1 Å². The molecule has 0 aliphatic carbocycles. The van der Waals surface area contributed by atoms with Crippen LogP contribution in [0.4, 0.5) is 0 Å². The third-order valence-corrected chi connectivity index (χ3v) is 3.54. The van der Waals surface area contributed by atoms with E-state index in [2.05, 4.69) is 5.32 Å². The summed E-state index contributed by atoms with van der Waals surface area (Å²) >= 11 is 0. The average Bonchev–Trinajstić information content (AvgIpc) is 2.88. The third-order valence-electron chi connectivity index (χ3n) is 3.54. The monoisotopic (exact) mass is 269 g/mol. The molecule has 1 rings (SSSR count). The van der Waals surface area contributed by atoms with Gasteiger partial charge in [-0.1, -0.05) is 6.92 Å². The van der Waals surface area contributed by atoms with Crippen molar-refractivity contribution in [1.82, 2.24) is 15.1 Å². The highest BCUT2D eigenvalue weighted by atomic mass is 16.2. The number of hydrogen-bond donors (Lipinski definition) is 1. The van der Waals surface area contributed by atoms with Crippen LogP contribution in [0.2, 0.25) is 0 Å². The van der Waals surface area contributed by atoms with Crippen molar-refractivity contribution in [1.29, 1.82) is 0 Å². The summed E-state index contributed by atoms with van der Waals surface area (Å²) in [7, 11) is 3.44. The van der Waals surface area contributed by atoms with Crippen LogP contribution in [0, 0.1) is 0 Å². The smallest absolute Gasteiger partial charge is 0.241 e. The van der Waals surface area contributed by atoms with Gasteiger partial charge in [-0.2, -0.15) is 0 Å². The molecule has 19 heavy (non-hydrogen) atoms. The Labute approximate surface area is 116 Å². The lowest BCUT2D eigenvalue weighted by Gasteiger charge is -2.24. The second-order valence-electron chi connectivity index (χ2n) is 5.44. The Balaban J connectivity index is 2.40. The first-order valence-corrected chi connectivity index (χ1v) is 7.26. The Bertz CT molecular complexity index is 299. The quantitative estimate of drug-likeness (QED) is 0.745. The standard InChI is InChI=1S/C14H27N3O2/c1-4-10-17(11-14(19)16(2)3)13(18)8-7-12-6-5-9-15-12/h12,15H,4-11H2,1-3H3. The first-order valence-electron chi connectivity index (χ1n) is 7.26. The fourth-order valence-corrected chi connectivity index (χ4v) is 2.33. The lowest BCUT2D eigenvalue weighted by Crippen LogP contribution is -2.41. The molecular formula is C14H27N3O2. The number of amides is 2. The summed E-state index contributed by atoms with van der Waals surface area (Å²) in [5, 5.41) is 3.40. The maximum absolute atomic E-state index is 12.2. The van der Waals surface area contributed by atoms with Crippen molar-refractivity contribution in [3.8, 4) is 0 Å². The zero-order valence-corrected chi connectivity index (χ0v) is 12.4. The molecule has 1 unspecified atom stereocenters. The van der Waals surface area contributed by atoms with Gasteiger partial charge in [0.15, 0.2) is 0 Å². The zero-order valence-electron chi connectivity index (χ0n) is 12.4. The molecule has 0 saturated carbocycles. The van der Waals surface area contributed by atoms with Crippen molar-refractivity contribution < 1.29 is 9.59 Å². The minimum atomic E-state index is -0.0132. The van der Waals surface area contributed by atoms with Gasteiger partial charge in [-0.3, -0.25) is 9.59 Å². The highest BCUT2D eigenvalue weighted by molar-refractivity contribution is 5.84. The van der Waals surface area contributed by atoms with Crippen molar-refractivity contribution in [2.75, 3.05) is 33.7 Å². The molecule has 2 amide bonds. The summed E-state index contributed by atoms with van der Waals surface area (Å²) in [6.45, 7) is 3.96. The number of carbonyl (C=O) groups is 2. The van der Waals surface area contributed by atoms with E-state index in [-0.39, 0.29) is 18.4 Å². The molecular weight excluding hydrogens is 242 g/mol. The molecule has 0 aromatic heterocycles. The van der Waals surface area contributed by atoms with Crippen molar-refractivity contribution in [3.05, 3.63) is 0 Å². The first kappa shape index (κ1) is 16.0. The van der Waals surface area contributed by atoms with Crippen molar-refractivity contribution >= 4 is 11.8 Å². The Kier molecular flexibility index (Phi) is 6.84. The molecule has 5 heteroatoms. The SMILES string of the molecule is CCCN(CC(=O)N(C)C)C(=O)CCC1CCCN1. The normalized spacial score (nSPS) is 18.4. The van der Waals surface area contributed by atoms with Crippen LogP contribution in [0.15, 0.2) is 0 Å². The number of rotatable bonds is 7. The van der Waals surface area contributed by atoms with Crippen LogP contribution in [0.5, 0.6) is 0 Å². The molecule has 1 aliphatic heterocycles. The van der Waals surface area contributed by atoms with Gasteiger partial charge in [-0.25, -0.2) is 0 Å². The van der Waals surface area contributed by atoms with Crippen LogP contribution in [0.25, 0.3) is 0 Å². The number of nitrogens with zero attached hydrogens (tertiary/aromatic N) is 2. The molecule has 110 valence electrons. The fourth-order valence-electron chi connectivity index (χ4n) is 2.33. The summed E-state index contributed by atoms with van der Waals surface area (Å²) in [4.78, 5) is 27.1. The molecule has 1 heterocycles. The topological polar surface area (TPSA) is 52.7 Å². The molecule has 5 nitrogen and oxygen atoms in total. The van der Waals surface area contributed by atoms with E-state index in [1.807, 2.05) is 6.92 Å². The van der Waals surface area contributed by atoms with Gasteiger partial charge in [0.05, 0.1) is 6.54 Å². The van der Waals surface area contributed by atoms with Gasteiger partial charge in [0.25, 0.3) is 0 Å².